The van der Waals surface area contributed by atoms with E-state index in [1.165, 1.54) is 19.2 Å². The Hall–Kier alpha value is -3.56. The van der Waals surface area contributed by atoms with E-state index in [-0.39, 0.29) is 42.0 Å². The van der Waals surface area contributed by atoms with E-state index in [0.29, 0.717) is 25.7 Å². The van der Waals surface area contributed by atoms with E-state index in [2.05, 4.69) is 16.0 Å². The Morgan fingerprint density at radius 2 is 1.87 bits per heavy atom. The molecule has 0 spiro atoms. The van der Waals surface area contributed by atoms with E-state index in [1.54, 1.807) is 6.07 Å². The van der Waals surface area contributed by atoms with Crippen molar-refractivity contribution in [2.75, 3.05) is 18.9 Å². The number of rotatable bonds is 13. The zero-order chi connectivity index (χ0) is 22.8. The SMILES string of the molecule is CNC(=O)C(CCC=O)N1C(=O)c2cccc(NC(=O)CCCCCNC=O)c2C1=O. The maximum atomic E-state index is 13.0. The first-order chi connectivity index (χ1) is 15.0. The Morgan fingerprint density at radius 1 is 1.10 bits per heavy atom. The van der Waals surface area contributed by atoms with Crippen LogP contribution in [0.5, 0.6) is 0 Å². The fourth-order valence-corrected chi connectivity index (χ4v) is 3.42. The molecule has 10 nitrogen and oxygen atoms in total. The molecule has 0 bridgehead atoms. The highest BCUT2D eigenvalue weighted by Crippen LogP contribution is 2.31. The molecule has 0 saturated carbocycles. The van der Waals surface area contributed by atoms with Crippen molar-refractivity contribution in [2.24, 2.45) is 0 Å². The predicted molar refractivity (Wildman–Crippen MR) is 111 cm³/mol. The molecular weight excluding hydrogens is 404 g/mol. The second kappa shape index (κ2) is 11.6. The summed E-state index contributed by atoms with van der Waals surface area (Å²) in [5, 5.41) is 7.63. The van der Waals surface area contributed by atoms with Gasteiger partial charge in [-0.05, 0) is 31.4 Å². The Labute approximate surface area is 179 Å². The van der Waals surface area contributed by atoms with Gasteiger partial charge in [0, 0.05) is 26.4 Å². The van der Waals surface area contributed by atoms with Crippen molar-refractivity contribution in [2.45, 2.75) is 44.6 Å². The maximum absolute atomic E-state index is 13.0. The number of hydrogen-bond acceptors (Lipinski definition) is 6. The van der Waals surface area contributed by atoms with Crippen molar-refractivity contribution < 1.29 is 28.8 Å². The highest BCUT2D eigenvalue weighted by Gasteiger charge is 2.43. The molecule has 1 aromatic rings. The molecule has 0 fully saturated rings. The first-order valence-corrected chi connectivity index (χ1v) is 10.1. The molecule has 1 heterocycles. The number of carbonyl (C=O) groups excluding carboxylic acids is 6. The highest BCUT2D eigenvalue weighted by atomic mass is 16.2. The number of nitrogens with one attached hydrogen (secondary N) is 3. The lowest BCUT2D eigenvalue weighted by Gasteiger charge is -2.24. The third-order valence-corrected chi connectivity index (χ3v) is 4.95. The molecule has 10 heteroatoms. The van der Waals surface area contributed by atoms with Crippen molar-refractivity contribution in [3.05, 3.63) is 29.3 Å². The van der Waals surface area contributed by atoms with E-state index < -0.39 is 23.8 Å². The second-order valence-electron chi connectivity index (χ2n) is 7.01. The summed E-state index contributed by atoms with van der Waals surface area (Å²) in [5.41, 5.74) is 0.343. The van der Waals surface area contributed by atoms with Crippen molar-refractivity contribution in [1.82, 2.24) is 15.5 Å². The summed E-state index contributed by atoms with van der Waals surface area (Å²) in [6.07, 6.45) is 3.58. The third kappa shape index (κ3) is 5.74. The van der Waals surface area contributed by atoms with E-state index in [4.69, 9.17) is 0 Å². The van der Waals surface area contributed by atoms with Gasteiger partial charge in [-0.15, -0.1) is 0 Å². The number of carbonyl (C=O) groups is 6. The molecule has 0 saturated heterocycles. The largest absolute Gasteiger partial charge is 0.359 e. The number of amides is 5. The smallest absolute Gasteiger partial charge is 0.264 e. The van der Waals surface area contributed by atoms with Gasteiger partial charge >= 0.3 is 0 Å². The van der Waals surface area contributed by atoms with Gasteiger partial charge in [-0.1, -0.05) is 12.5 Å². The fraction of sp³-hybridized carbons (Fsp3) is 0.429. The van der Waals surface area contributed by atoms with Crippen LogP contribution in [0.2, 0.25) is 0 Å². The van der Waals surface area contributed by atoms with Crippen LogP contribution in [0.3, 0.4) is 0 Å². The normalized spacial score (nSPS) is 13.4. The Morgan fingerprint density at radius 3 is 2.55 bits per heavy atom. The predicted octanol–water partition coefficient (Wildman–Crippen LogP) is 0.621. The Kier molecular flexibility index (Phi) is 8.86. The van der Waals surface area contributed by atoms with Gasteiger partial charge in [0.15, 0.2) is 0 Å². The van der Waals surface area contributed by atoms with Crippen LogP contribution in [0, 0.1) is 0 Å². The van der Waals surface area contributed by atoms with E-state index in [0.717, 1.165) is 17.7 Å². The van der Waals surface area contributed by atoms with Gasteiger partial charge in [0.1, 0.15) is 12.3 Å². The summed E-state index contributed by atoms with van der Waals surface area (Å²) < 4.78 is 0. The minimum Gasteiger partial charge on any atom is -0.359 e. The molecule has 3 N–H and O–H groups in total. The summed E-state index contributed by atoms with van der Waals surface area (Å²) in [6.45, 7) is 0.542. The zero-order valence-corrected chi connectivity index (χ0v) is 17.3. The lowest BCUT2D eigenvalue weighted by Crippen LogP contribution is -2.48. The quantitative estimate of drug-likeness (QED) is 0.238. The second-order valence-corrected chi connectivity index (χ2v) is 7.01. The summed E-state index contributed by atoms with van der Waals surface area (Å²) in [6, 6.07) is 3.42. The zero-order valence-electron chi connectivity index (χ0n) is 17.3. The number of unbranched alkanes of at least 4 members (excludes halogenated alkanes) is 2. The van der Waals surface area contributed by atoms with Crippen LogP contribution in [-0.4, -0.2) is 60.9 Å². The van der Waals surface area contributed by atoms with Crippen LogP contribution in [-0.2, 0) is 19.2 Å². The third-order valence-electron chi connectivity index (χ3n) is 4.95. The van der Waals surface area contributed by atoms with Crippen LogP contribution < -0.4 is 16.0 Å². The molecule has 31 heavy (non-hydrogen) atoms. The summed E-state index contributed by atoms with van der Waals surface area (Å²) in [4.78, 5) is 72.3. The molecule has 1 aliphatic rings. The highest BCUT2D eigenvalue weighted by molar-refractivity contribution is 6.25. The lowest BCUT2D eigenvalue weighted by molar-refractivity contribution is -0.125. The number of imide groups is 1. The minimum absolute atomic E-state index is 0.00922. The van der Waals surface area contributed by atoms with Gasteiger partial charge in [-0.25, -0.2) is 0 Å². The summed E-state index contributed by atoms with van der Waals surface area (Å²) in [5.74, 6) is -2.18. The van der Waals surface area contributed by atoms with E-state index >= 15 is 0 Å². The molecule has 2 rings (SSSR count). The van der Waals surface area contributed by atoms with E-state index in [9.17, 15) is 28.8 Å². The number of benzene rings is 1. The average molecular weight is 430 g/mol. The average Bonchev–Trinajstić information content (AvgIpc) is 3.02. The van der Waals surface area contributed by atoms with Crippen molar-refractivity contribution in [3.8, 4) is 0 Å². The molecule has 0 aliphatic carbocycles. The number of nitrogens with zero attached hydrogens (tertiary/aromatic N) is 1. The first-order valence-electron chi connectivity index (χ1n) is 10.1. The number of aldehydes is 1. The van der Waals surface area contributed by atoms with Crippen LogP contribution in [0.1, 0.15) is 59.2 Å². The molecule has 1 unspecified atom stereocenters. The molecule has 1 atom stereocenters. The lowest BCUT2D eigenvalue weighted by atomic mass is 10.1. The van der Waals surface area contributed by atoms with E-state index in [1.807, 2.05) is 0 Å². The molecular formula is C21H26N4O6. The van der Waals surface area contributed by atoms with Gasteiger partial charge in [0.25, 0.3) is 11.8 Å². The Bertz CT molecular complexity index is 869. The van der Waals surface area contributed by atoms with Crippen molar-refractivity contribution >= 4 is 42.0 Å². The van der Waals surface area contributed by atoms with Crippen LogP contribution >= 0.6 is 0 Å². The van der Waals surface area contributed by atoms with Crippen LogP contribution in [0.15, 0.2) is 18.2 Å². The van der Waals surface area contributed by atoms with Gasteiger partial charge in [0.05, 0.1) is 16.8 Å². The maximum Gasteiger partial charge on any atom is 0.264 e. The molecule has 0 aromatic heterocycles. The van der Waals surface area contributed by atoms with Crippen LogP contribution in [0.25, 0.3) is 0 Å². The molecule has 1 aromatic carbocycles. The van der Waals surface area contributed by atoms with Gasteiger partial charge in [-0.3, -0.25) is 28.9 Å². The monoisotopic (exact) mass is 430 g/mol. The fourth-order valence-electron chi connectivity index (χ4n) is 3.42. The molecule has 5 amide bonds. The van der Waals surface area contributed by atoms with Crippen molar-refractivity contribution in [1.29, 1.82) is 0 Å². The topological polar surface area (TPSA) is 142 Å². The van der Waals surface area contributed by atoms with Gasteiger partial charge < -0.3 is 20.7 Å². The number of fused-ring (bicyclic) bond motifs is 1. The summed E-state index contributed by atoms with van der Waals surface area (Å²) in [7, 11) is 1.38. The van der Waals surface area contributed by atoms with Gasteiger partial charge in [-0.2, -0.15) is 0 Å². The number of hydrogen-bond donors (Lipinski definition) is 3. The summed E-state index contributed by atoms with van der Waals surface area (Å²) >= 11 is 0. The Balaban J connectivity index is 2.13. The first kappa shape index (κ1) is 23.7. The van der Waals surface area contributed by atoms with Crippen LogP contribution in [0.4, 0.5) is 5.69 Å². The van der Waals surface area contributed by atoms with Crippen molar-refractivity contribution in [3.63, 3.8) is 0 Å². The molecule has 1 aliphatic heterocycles. The minimum atomic E-state index is -1.12. The standard InChI is InChI=1S/C21H26N4O6/c1-22-19(29)16(9-6-12-26)25-20(30)14-7-5-8-15(18(14)21(25)31)24-17(28)10-3-2-4-11-23-13-27/h5,7-8,12-13,16H,2-4,6,9-11H2,1H3,(H,22,29)(H,23,27)(H,24,28). The number of likely N-dealkylation sites (N-methyl/N-ethyl adjacent to an activating group) is 1. The van der Waals surface area contributed by atoms with Gasteiger partial charge in [0.2, 0.25) is 18.2 Å². The number of anilines is 1. The molecule has 0 radical (unpaired) electrons. The molecule has 166 valence electrons.